The quantitative estimate of drug-likeness (QED) is 0.158. The molecule has 1 saturated heterocycles. The van der Waals surface area contributed by atoms with Gasteiger partial charge in [-0.05, 0) is 0 Å². The molecule has 3 N–H and O–H groups in total. The highest BCUT2D eigenvalue weighted by Crippen LogP contribution is 2.40. The molecule has 186 valence electrons. The van der Waals surface area contributed by atoms with Gasteiger partial charge in [0.15, 0.2) is 35.3 Å². The van der Waals surface area contributed by atoms with Crippen LogP contribution in [0.4, 0.5) is 5.13 Å². The molecule has 2 aliphatic rings. The maximum atomic E-state index is 13.0. The second-order valence-electron chi connectivity index (χ2n) is 8.04. The first-order valence-corrected chi connectivity index (χ1v) is 12.5. The number of nitrogen functional groups attached to an aromatic ring is 1. The summed E-state index contributed by atoms with van der Waals surface area (Å²) < 4.78 is 3.69. The summed E-state index contributed by atoms with van der Waals surface area (Å²) in [7, 11) is 3.16. The number of thioether (sulfide) groups is 1. The van der Waals surface area contributed by atoms with E-state index in [1.807, 2.05) is 34.6 Å². The number of carboxylic acid groups (broad SMARTS) is 1. The summed E-state index contributed by atoms with van der Waals surface area (Å²) in [5.41, 5.74) is 7.74. The van der Waals surface area contributed by atoms with Crippen LogP contribution in [0.2, 0.25) is 0 Å². The predicted molar refractivity (Wildman–Crippen MR) is 128 cm³/mol. The Labute approximate surface area is 212 Å². The van der Waals surface area contributed by atoms with Crippen LogP contribution >= 0.6 is 23.1 Å². The number of carbonyl (C=O) groups is 3. The Hall–Kier alpha value is -3.98. The number of aliphatic carboxylic acids is 1. The first-order chi connectivity index (χ1) is 17.3. The van der Waals surface area contributed by atoms with Gasteiger partial charge in [0.25, 0.3) is 11.8 Å². The van der Waals surface area contributed by atoms with Gasteiger partial charge in [0.1, 0.15) is 24.2 Å². The number of nitrogens with two attached hydrogens (primary N) is 1. The SMILES string of the molecule is CO/N=C(\C(=O)N[C@@H]1C(=O)N2C(C(=O)[O-])=C(C[n+]3ccc4c(c3)ncn4C)CS[C@H]12)c1csc(N)n1. The van der Waals surface area contributed by atoms with Crippen molar-refractivity contribution in [2.24, 2.45) is 12.2 Å². The lowest BCUT2D eigenvalue weighted by Crippen LogP contribution is -2.71. The Morgan fingerprint density at radius 2 is 2.25 bits per heavy atom. The van der Waals surface area contributed by atoms with Crippen LogP contribution < -0.4 is 20.7 Å². The van der Waals surface area contributed by atoms with Crippen LogP contribution in [0.1, 0.15) is 5.69 Å². The fourth-order valence-corrected chi connectivity index (χ4v) is 6.02. The van der Waals surface area contributed by atoms with E-state index in [9.17, 15) is 19.5 Å². The second-order valence-corrected chi connectivity index (χ2v) is 10.0. The molecule has 1 fully saturated rings. The molecular weight excluding hydrogens is 508 g/mol. The van der Waals surface area contributed by atoms with Crippen molar-refractivity contribution in [3.8, 4) is 0 Å². The van der Waals surface area contributed by atoms with E-state index in [4.69, 9.17) is 10.6 Å². The summed E-state index contributed by atoms with van der Waals surface area (Å²) in [5, 5.41) is 19.6. The summed E-state index contributed by atoms with van der Waals surface area (Å²) in [4.78, 5) is 52.2. The van der Waals surface area contributed by atoms with Crippen LogP contribution in [0.3, 0.4) is 0 Å². The molecule has 0 spiro atoms. The van der Waals surface area contributed by atoms with E-state index in [1.54, 1.807) is 11.7 Å². The molecule has 3 aromatic heterocycles. The Morgan fingerprint density at radius 1 is 1.44 bits per heavy atom. The van der Waals surface area contributed by atoms with Crippen LogP contribution in [-0.2, 0) is 32.8 Å². The predicted octanol–water partition coefficient (Wildman–Crippen LogP) is -1.65. The number of hydrogen-bond donors (Lipinski definition) is 2. The molecule has 0 aliphatic carbocycles. The molecule has 15 heteroatoms. The standard InChI is InChI=1S/C21H20N8O5S2/c1-27-9-23-11-6-28(4-3-13(11)27)5-10-7-35-19-15(18(31)29(19)16(10)20(32)33)25-17(30)14(26-34-2)12-8-36-21(22)24-12/h3-4,6,8-9,15,19H,5,7H2,1-2H3,(H3-,22,24,25,30,32,33)/b26-14-/t15-,19-/m1/s1. The van der Waals surface area contributed by atoms with Gasteiger partial charge in [-0.3, -0.25) is 14.5 Å². The van der Waals surface area contributed by atoms with Gasteiger partial charge in [0.2, 0.25) is 0 Å². The Balaban J connectivity index is 1.36. The van der Waals surface area contributed by atoms with Crippen molar-refractivity contribution in [2.75, 3.05) is 18.6 Å². The summed E-state index contributed by atoms with van der Waals surface area (Å²) in [6.45, 7) is 0.242. The van der Waals surface area contributed by atoms with E-state index >= 15 is 0 Å². The maximum Gasteiger partial charge on any atom is 0.276 e. The number of anilines is 1. The summed E-state index contributed by atoms with van der Waals surface area (Å²) in [6.07, 6.45) is 5.33. The molecule has 3 aromatic rings. The van der Waals surface area contributed by atoms with E-state index in [-0.39, 0.29) is 28.8 Å². The zero-order valence-electron chi connectivity index (χ0n) is 19.1. The van der Waals surface area contributed by atoms with E-state index in [0.717, 1.165) is 27.3 Å². The molecule has 2 aliphatic heterocycles. The zero-order chi connectivity index (χ0) is 25.6. The third-order valence-electron chi connectivity index (χ3n) is 5.79. The van der Waals surface area contributed by atoms with Gasteiger partial charge in [0, 0.05) is 29.8 Å². The number of aromatic nitrogens is 4. The minimum absolute atomic E-state index is 0.143. The van der Waals surface area contributed by atoms with Gasteiger partial charge in [-0.1, -0.05) is 5.16 Å². The molecule has 0 aromatic carbocycles. The molecule has 36 heavy (non-hydrogen) atoms. The largest absolute Gasteiger partial charge is 0.543 e. The number of carboxylic acids is 1. The number of β-lactam (4-membered cyclic amide) rings is 1. The smallest absolute Gasteiger partial charge is 0.276 e. The molecule has 5 rings (SSSR count). The van der Waals surface area contributed by atoms with Gasteiger partial charge in [-0.25, -0.2) is 9.97 Å². The first kappa shape index (κ1) is 23.7. The molecule has 5 heterocycles. The minimum atomic E-state index is -1.45. The number of amides is 2. The highest BCUT2D eigenvalue weighted by molar-refractivity contribution is 8.00. The number of nitrogens with zero attached hydrogens (tertiary/aromatic N) is 6. The van der Waals surface area contributed by atoms with Crippen molar-refractivity contribution in [1.29, 1.82) is 0 Å². The molecule has 13 nitrogen and oxygen atoms in total. The van der Waals surface area contributed by atoms with Crippen molar-refractivity contribution in [2.45, 2.75) is 18.0 Å². The van der Waals surface area contributed by atoms with E-state index < -0.39 is 29.2 Å². The van der Waals surface area contributed by atoms with Crippen LogP contribution in [0.25, 0.3) is 11.0 Å². The highest BCUT2D eigenvalue weighted by Gasteiger charge is 2.53. The van der Waals surface area contributed by atoms with Gasteiger partial charge in [0.05, 0.1) is 23.5 Å². The van der Waals surface area contributed by atoms with Crippen molar-refractivity contribution in [3.63, 3.8) is 0 Å². The molecule has 0 unspecified atom stereocenters. The van der Waals surface area contributed by atoms with Gasteiger partial charge >= 0.3 is 0 Å². The van der Waals surface area contributed by atoms with Crippen LogP contribution in [0.15, 0.2) is 46.6 Å². The topological polar surface area (TPSA) is 172 Å². The highest BCUT2D eigenvalue weighted by atomic mass is 32.2. The van der Waals surface area contributed by atoms with Gasteiger partial charge < -0.3 is 30.4 Å². The van der Waals surface area contributed by atoms with Crippen molar-refractivity contribution >= 4 is 62.8 Å². The lowest BCUT2D eigenvalue weighted by Gasteiger charge is -2.50. The zero-order valence-corrected chi connectivity index (χ0v) is 20.7. The Morgan fingerprint density at radius 3 is 2.94 bits per heavy atom. The number of oxime groups is 1. The van der Waals surface area contributed by atoms with Crippen molar-refractivity contribution in [3.05, 3.63) is 47.1 Å². The van der Waals surface area contributed by atoms with E-state index in [2.05, 4.69) is 20.4 Å². The number of fused-ring (bicyclic) bond motifs is 2. The number of aryl methyl sites for hydroxylation is 1. The van der Waals surface area contributed by atoms with Gasteiger partial charge in [-0.15, -0.1) is 23.1 Å². The van der Waals surface area contributed by atoms with Crippen molar-refractivity contribution < 1.29 is 28.9 Å². The first-order valence-electron chi connectivity index (χ1n) is 10.6. The normalized spacial score (nSPS) is 19.8. The lowest BCUT2D eigenvalue weighted by atomic mass is 10.0. The maximum absolute atomic E-state index is 13.0. The molecule has 0 radical (unpaired) electrons. The molecule has 2 amide bonds. The number of carbonyl (C=O) groups excluding carboxylic acids is 3. The third-order valence-corrected chi connectivity index (χ3v) is 7.80. The van der Waals surface area contributed by atoms with E-state index in [0.29, 0.717) is 11.3 Å². The molecular formula is C21H20N8O5S2. The lowest BCUT2D eigenvalue weighted by molar-refractivity contribution is -0.687. The van der Waals surface area contributed by atoms with Gasteiger partial charge in [-0.2, -0.15) is 4.57 Å². The average molecular weight is 529 g/mol. The number of nitrogens with one attached hydrogen (secondary N) is 1. The molecule has 0 bridgehead atoms. The number of pyridine rings is 1. The van der Waals surface area contributed by atoms with Crippen LogP contribution in [0, 0.1) is 0 Å². The minimum Gasteiger partial charge on any atom is -0.543 e. The Bertz CT molecular complexity index is 1460. The van der Waals surface area contributed by atoms with E-state index in [1.165, 1.54) is 18.9 Å². The summed E-state index contributed by atoms with van der Waals surface area (Å²) >= 11 is 2.48. The molecule has 0 saturated carbocycles. The summed E-state index contributed by atoms with van der Waals surface area (Å²) in [6, 6.07) is 0.935. The number of imidazole rings is 1. The average Bonchev–Trinajstić information content (AvgIpc) is 3.45. The second kappa shape index (κ2) is 9.23. The Kier molecular flexibility index (Phi) is 6.09. The number of thiazole rings is 1. The van der Waals surface area contributed by atoms with Crippen molar-refractivity contribution in [1.82, 2.24) is 24.8 Å². The monoisotopic (exact) mass is 528 g/mol. The van der Waals surface area contributed by atoms with Crippen LogP contribution in [0.5, 0.6) is 0 Å². The molecule has 2 atom stereocenters. The number of rotatable bonds is 7. The number of hydrogen-bond acceptors (Lipinski definition) is 11. The third kappa shape index (κ3) is 4.05. The fourth-order valence-electron chi connectivity index (χ4n) is 4.14. The summed E-state index contributed by atoms with van der Waals surface area (Å²) in [5.74, 6) is -2.37. The fraction of sp³-hybridized carbons (Fsp3) is 0.286. The van der Waals surface area contributed by atoms with Crippen LogP contribution in [-0.4, -0.2) is 67.2 Å².